The number of carbonyl (C=O) groups excluding carboxylic acids is 1. The van der Waals surface area contributed by atoms with Crippen molar-refractivity contribution in [3.8, 4) is 0 Å². The van der Waals surface area contributed by atoms with Crippen molar-refractivity contribution in [2.75, 3.05) is 30.7 Å². The van der Waals surface area contributed by atoms with Crippen molar-refractivity contribution in [3.05, 3.63) is 36.9 Å². The summed E-state index contributed by atoms with van der Waals surface area (Å²) in [6.07, 6.45) is 3.52. The molecule has 1 aromatic carbocycles. The lowest BCUT2D eigenvalue weighted by Crippen LogP contribution is -2.41. The van der Waals surface area contributed by atoms with Crippen LogP contribution in [0.3, 0.4) is 0 Å². The molecule has 0 aromatic heterocycles. The second kappa shape index (κ2) is 9.11. The van der Waals surface area contributed by atoms with Gasteiger partial charge in [0.25, 0.3) is 0 Å². The van der Waals surface area contributed by atoms with E-state index in [1.165, 1.54) is 0 Å². The second-order valence-corrected chi connectivity index (χ2v) is 7.06. The Morgan fingerprint density at radius 2 is 2.17 bits per heavy atom. The van der Waals surface area contributed by atoms with Gasteiger partial charge in [0.05, 0.1) is 18.3 Å². The van der Waals surface area contributed by atoms with Crippen LogP contribution in [0.15, 0.2) is 41.8 Å². The molecule has 1 saturated heterocycles. The van der Waals surface area contributed by atoms with E-state index < -0.39 is 0 Å². The molecule has 0 aliphatic carbocycles. The van der Waals surface area contributed by atoms with E-state index in [4.69, 9.17) is 0 Å². The molecule has 1 aromatic rings. The van der Waals surface area contributed by atoms with Crippen molar-refractivity contribution in [1.29, 1.82) is 0 Å². The number of benzene rings is 1. The first-order chi connectivity index (χ1) is 11.1. The number of aliphatic hydroxyl groups excluding tert-OH is 1. The van der Waals surface area contributed by atoms with Crippen LogP contribution in [-0.2, 0) is 4.79 Å². The molecule has 0 saturated carbocycles. The molecule has 1 aliphatic heterocycles. The lowest BCUT2D eigenvalue weighted by molar-refractivity contribution is -0.117. The number of rotatable bonds is 7. The highest BCUT2D eigenvalue weighted by molar-refractivity contribution is 7.99. The molecule has 1 fully saturated rings. The molecule has 23 heavy (non-hydrogen) atoms. The maximum absolute atomic E-state index is 12.3. The first-order valence-corrected chi connectivity index (χ1v) is 9.11. The Morgan fingerprint density at radius 1 is 1.48 bits per heavy atom. The van der Waals surface area contributed by atoms with E-state index in [-0.39, 0.29) is 12.0 Å². The van der Waals surface area contributed by atoms with Gasteiger partial charge in [-0.05, 0) is 50.9 Å². The van der Waals surface area contributed by atoms with Crippen LogP contribution in [0, 0.1) is 5.92 Å². The van der Waals surface area contributed by atoms with Gasteiger partial charge in [0.15, 0.2) is 0 Å². The molecule has 4 nitrogen and oxygen atoms in total. The van der Waals surface area contributed by atoms with Gasteiger partial charge in [0.2, 0.25) is 5.91 Å². The lowest BCUT2D eigenvalue weighted by atomic mass is 9.92. The highest BCUT2D eigenvalue weighted by Crippen LogP contribution is 2.27. The number of hydrogen-bond donors (Lipinski definition) is 2. The van der Waals surface area contributed by atoms with Crippen molar-refractivity contribution in [3.63, 3.8) is 0 Å². The van der Waals surface area contributed by atoms with E-state index in [1.807, 2.05) is 37.3 Å². The Bertz CT molecular complexity index is 526. The zero-order chi connectivity index (χ0) is 16.7. The van der Waals surface area contributed by atoms with Crippen molar-refractivity contribution >= 4 is 23.4 Å². The van der Waals surface area contributed by atoms with Gasteiger partial charge >= 0.3 is 0 Å². The molecule has 5 heteroatoms. The zero-order valence-corrected chi connectivity index (χ0v) is 14.5. The van der Waals surface area contributed by atoms with Crippen molar-refractivity contribution in [2.24, 2.45) is 5.92 Å². The quantitative estimate of drug-likeness (QED) is 0.594. The van der Waals surface area contributed by atoms with Crippen molar-refractivity contribution in [2.45, 2.75) is 30.8 Å². The molecular weight excluding hydrogens is 308 g/mol. The number of carbonyl (C=O) groups is 1. The highest BCUT2D eigenvalue weighted by Gasteiger charge is 2.23. The number of nitrogens with one attached hydrogen (secondary N) is 1. The van der Waals surface area contributed by atoms with Crippen LogP contribution in [0.1, 0.15) is 19.8 Å². The number of nitrogens with zero attached hydrogens (tertiary/aromatic N) is 1. The van der Waals surface area contributed by atoms with E-state index in [1.54, 1.807) is 11.8 Å². The van der Waals surface area contributed by atoms with Crippen LogP contribution >= 0.6 is 11.8 Å². The van der Waals surface area contributed by atoms with E-state index in [9.17, 15) is 9.90 Å². The fraction of sp³-hybridized carbons (Fsp3) is 0.500. The summed E-state index contributed by atoms with van der Waals surface area (Å²) in [5.74, 6) is 1.21. The van der Waals surface area contributed by atoms with Gasteiger partial charge in [0.1, 0.15) is 0 Å². The number of thioether (sulfide) groups is 1. The monoisotopic (exact) mass is 334 g/mol. The van der Waals surface area contributed by atoms with Gasteiger partial charge in [-0.1, -0.05) is 18.2 Å². The number of anilines is 1. The van der Waals surface area contributed by atoms with Crippen LogP contribution in [0.4, 0.5) is 5.69 Å². The van der Waals surface area contributed by atoms with Gasteiger partial charge < -0.3 is 10.4 Å². The number of likely N-dealkylation sites (tertiary alicyclic amines) is 1. The molecule has 1 atom stereocenters. The van der Waals surface area contributed by atoms with Gasteiger partial charge in [-0.15, -0.1) is 18.3 Å². The molecular formula is C18H26N2O2S. The number of aliphatic hydroxyl groups is 1. The minimum Gasteiger partial charge on any atom is -0.393 e. The van der Waals surface area contributed by atoms with Crippen molar-refractivity contribution < 1.29 is 9.90 Å². The minimum absolute atomic E-state index is 0.0205. The molecule has 0 radical (unpaired) electrons. The molecule has 1 amide bonds. The Kier molecular flexibility index (Phi) is 7.15. The van der Waals surface area contributed by atoms with Gasteiger partial charge in [-0.3, -0.25) is 9.69 Å². The topological polar surface area (TPSA) is 52.6 Å². The predicted molar refractivity (Wildman–Crippen MR) is 96.8 cm³/mol. The Hall–Kier alpha value is -1.30. The van der Waals surface area contributed by atoms with E-state index in [2.05, 4.69) is 16.8 Å². The van der Waals surface area contributed by atoms with E-state index >= 15 is 0 Å². The summed E-state index contributed by atoms with van der Waals surface area (Å²) in [5, 5.41) is 12.6. The Balaban J connectivity index is 1.85. The third-order valence-electron chi connectivity index (χ3n) is 4.20. The molecule has 126 valence electrons. The molecule has 0 bridgehead atoms. The predicted octanol–water partition coefficient (Wildman–Crippen LogP) is 3.00. The minimum atomic E-state index is -0.250. The highest BCUT2D eigenvalue weighted by atomic mass is 32.2. The summed E-state index contributed by atoms with van der Waals surface area (Å²) in [4.78, 5) is 15.5. The van der Waals surface area contributed by atoms with E-state index in [0.29, 0.717) is 12.5 Å². The van der Waals surface area contributed by atoms with Gasteiger partial charge in [-0.2, -0.15) is 0 Å². The standard InChI is InChI=1S/C18H26N2O2S/c1-3-12-23-17-7-5-4-6-16(17)19-18(22)13-20-10-8-15(9-11-20)14(2)21/h3-7,14-15,21H,1,8-13H2,2H3,(H,19,22). The van der Waals surface area contributed by atoms with Crippen molar-refractivity contribution in [1.82, 2.24) is 4.90 Å². The SMILES string of the molecule is C=CCSc1ccccc1NC(=O)CN1CCC(C(C)O)CC1. The van der Waals surface area contributed by atoms with Crippen LogP contribution in [0.2, 0.25) is 0 Å². The fourth-order valence-electron chi connectivity index (χ4n) is 2.83. The summed E-state index contributed by atoms with van der Waals surface area (Å²) in [5.41, 5.74) is 0.864. The second-order valence-electron chi connectivity index (χ2n) is 6.00. The van der Waals surface area contributed by atoms with Crippen LogP contribution < -0.4 is 5.32 Å². The summed E-state index contributed by atoms with van der Waals surface area (Å²) < 4.78 is 0. The summed E-state index contributed by atoms with van der Waals surface area (Å²) in [6.45, 7) is 7.73. The molecule has 2 N–H and O–H groups in total. The molecule has 1 aliphatic rings. The maximum atomic E-state index is 12.3. The summed E-state index contributed by atoms with van der Waals surface area (Å²) in [6, 6.07) is 7.85. The first-order valence-electron chi connectivity index (χ1n) is 8.13. The normalized spacial score (nSPS) is 17.7. The van der Waals surface area contributed by atoms with Crippen LogP contribution in [0.25, 0.3) is 0 Å². The maximum Gasteiger partial charge on any atom is 0.238 e. The van der Waals surface area contributed by atoms with Gasteiger partial charge in [0, 0.05) is 10.6 Å². The summed E-state index contributed by atoms with van der Waals surface area (Å²) >= 11 is 1.66. The van der Waals surface area contributed by atoms with Gasteiger partial charge in [-0.25, -0.2) is 0 Å². The zero-order valence-electron chi connectivity index (χ0n) is 13.7. The molecule has 2 rings (SSSR count). The number of hydrogen-bond acceptors (Lipinski definition) is 4. The molecule has 1 unspecified atom stereocenters. The average Bonchev–Trinajstić information content (AvgIpc) is 2.54. The third-order valence-corrected chi connectivity index (χ3v) is 5.27. The van der Waals surface area contributed by atoms with Crippen LogP contribution in [-0.4, -0.2) is 47.4 Å². The molecule has 1 heterocycles. The summed E-state index contributed by atoms with van der Waals surface area (Å²) in [7, 11) is 0. The third kappa shape index (κ3) is 5.68. The first kappa shape index (κ1) is 18.0. The Morgan fingerprint density at radius 3 is 2.83 bits per heavy atom. The smallest absolute Gasteiger partial charge is 0.238 e. The lowest BCUT2D eigenvalue weighted by Gasteiger charge is -2.32. The number of amides is 1. The van der Waals surface area contributed by atoms with E-state index in [0.717, 1.165) is 42.3 Å². The Labute approximate surface area is 143 Å². The average molecular weight is 334 g/mol. The van der Waals surface area contributed by atoms with Crippen LogP contribution in [0.5, 0.6) is 0 Å². The number of piperidine rings is 1. The molecule has 0 spiro atoms. The largest absolute Gasteiger partial charge is 0.393 e. The number of para-hydroxylation sites is 1. The fourth-order valence-corrected chi connectivity index (χ4v) is 3.58.